The van der Waals surface area contributed by atoms with Gasteiger partial charge < -0.3 is 10.1 Å². The van der Waals surface area contributed by atoms with E-state index >= 15 is 0 Å². The molecular weight excluding hydrogens is 427 g/mol. The number of hydrogen-bond donors (Lipinski definition) is 1. The Balaban J connectivity index is 1.35. The van der Waals surface area contributed by atoms with Crippen molar-refractivity contribution >= 4 is 17.3 Å². The van der Waals surface area contributed by atoms with Crippen molar-refractivity contribution in [3.63, 3.8) is 0 Å². The lowest BCUT2D eigenvalue weighted by atomic mass is 10.1. The van der Waals surface area contributed by atoms with Gasteiger partial charge in [-0.05, 0) is 47.5 Å². The topological polar surface area (TPSA) is 99.3 Å². The number of ether oxygens (including phenoxy) is 1. The average molecular weight is 446 g/mol. The summed E-state index contributed by atoms with van der Waals surface area (Å²) in [5.74, 6) is -0.135. The first-order chi connectivity index (χ1) is 16.0. The minimum Gasteiger partial charge on any atom is -0.489 e. The fraction of sp³-hybridized carbons (Fsp3) is 0.0833. The molecule has 0 aliphatic rings. The van der Waals surface area contributed by atoms with Crippen LogP contribution in [0.4, 0.5) is 15.8 Å². The molecule has 0 bridgehead atoms. The van der Waals surface area contributed by atoms with Gasteiger partial charge in [-0.1, -0.05) is 24.3 Å². The van der Waals surface area contributed by atoms with Gasteiger partial charge in [-0.15, -0.1) is 0 Å². The monoisotopic (exact) mass is 446 g/mol. The van der Waals surface area contributed by atoms with Crippen LogP contribution in [-0.4, -0.2) is 20.6 Å². The number of amides is 1. The van der Waals surface area contributed by atoms with Crippen molar-refractivity contribution in [2.24, 2.45) is 0 Å². The van der Waals surface area contributed by atoms with Crippen LogP contribution in [0.5, 0.6) is 5.75 Å². The molecule has 0 fully saturated rings. The molecule has 0 spiro atoms. The number of nitro groups is 1. The van der Waals surface area contributed by atoms with E-state index in [4.69, 9.17) is 4.74 Å². The number of aromatic nitrogens is 2. The lowest BCUT2D eigenvalue weighted by Gasteiger charge is -2.08. The fourth-order valence-corrected chi connectivity index (χ4v) is 3.17. The number of hydrogen-bond acceptors (Lipinski definition) is 5. The first kappa shape index (κ1) is 21.7. The zero-order chi connectivity index (χ0) is 23.2. The van der Waals surface area contributed by atoms with Gasteiger partial charge in [-0.3, -0.25) is 19.6 Å². The normalized spacial score (nSPS) is 10.6. The van der Waals surface area contributed by atoms with E-state index in [0.29, 0.717) is 23.5 Å². The van der Waals surface area contributed by atoms with Crippen LogP contribution in [0.1, 0.15) is 21.5 Å². The van der Waals surface area contributed by atoms with E-state index in [2.05, 4.69) is 10.4 Å². The van der Waals surface area contributed by atoms with Crippen molar-refractivity contribution in [2.45, 2.75) is 13.2 Å². The Morgan fingerprint density at radius 3 is 2.58 bits per heavy atom. The van der Waals surface area contributed by atoms with Crippen molar-refractivity contribution in [3.05, 3.63) is 118 Å². The number of anilines is 1. The first-order valence-electron chi connectivity index (χ1n) is 10.0. The second-order valence-electron chi connectivity index (χ2n) is 7.25. The molecule has 1 heterocycles. The van der Waals surface area contributed by atoms with Gasteiger partial charge in [0.25, 0.3) is 11.6 Å². The van der Waals surface area contributed by atoms with Gasteiger partial charge in [0.2, 0.25) is 0 Å². The summed E-state index contributed by atoms with van der Waals surface area (Å²) in [5.41, 5.74) is 2.47. The van der Waals surface area contributed by atoms with Crippen LogP contribution in [0.25, 0.3) is 0 Å². The molecule has 1 aromatic heterocycles. The van der Waals surface area contributed by atoms with Crippen LogP contribution in [0.2, 0.25) is 0 Å². The average Bonchev–Trinajstić information content (AvgIpc) is 3.24. The summed E-state index contributed by atoms with van der Waals surface area (Å²) >= 11 is 0. The van der Waals surface area contributed by atoms with Crippen LogP contribution < -0.4 is 10.1 Å². The number of rotatable bonds is 8. The number of halogens is 1. The maximum Gasteiger partial charge on any atom is 0.269 e. The molecule has 33 heavy (non-hydrogen) atoms. The number of non-ortho nitro benzene ring substituents is 1. The molecule has 0 aliphatic heterocycles. The molecule has 4 aromatic rings. The van der Waals surface area contributed by atoms with E-state index in [-0.39, 0.29) is 24.0 Å². The Labute approximate surface area is 188 Å². The number of carbonyl (C=O) groups excluding carboxylic acids is 1. The Morgan fingerprint density at radius 1 is 1.06 bits per heavy atom. The van der Waals surface area contributed by atoms with Crippen molar-refractivity contribution in [1.82, 2.24) is 9.78 Å². The number of nitrogens with one attached hydrogen (secondary N) is 1. The summed E-state index contributed by atoms with van der Waals surface area (Å²) in [4.78, 5) is 22.9. The van der Waals surface area contributed by atoms with E-state index in [1.807, 2.05) is 6.07 Å². The number of benzene rings is 3. The molecule has 0 saturated carbocycles. The second-order valence-corrected chi connectivity index (χ2v) is 7.25. The summed E-state index contributed by atoms with van der Waals surface area (Å²) in [6.07, 6.45) is 3.20. The zero-order valence-electron chi connectivity index (χ0n) is 17.3. The van der Waals surface area contributed by atoms with E-state index in [9.17, 15) is 19.3 Å². The van der Waals surface area contributed by atoms with Gasteiger partial charge in [-0.25, -0.2) is 4.39 Å². The third kappa shape index (κ3) is 5.79. The maximum absolute atomic E-state index is 13.3. The van der Waals surface area contributed by atoms with Crippen LogP contribution >= 0.6 is 0 Å². The highest BCUT2D eigenvalue weighted by atomic mass is 19.1. The van der Waals surface area contributed by atoms with Crippen molar-refractivity contribution < 1.29 is 18.8 Å². The molecule has 0 radical (unpaired) electrons. The molecule has 4 rings (SSSR count). The van der Waals surface area contributed by atoms with Crippen molar-refractivity contribution in [2.75, 3.05) is 5.32 Å². The van der Waals surface area contributed by atoms with Crippen molar-refractivity contribution in [3.8, 4) is 5.75 Å². The quantitative estimate of drug-likeness (QED) is 0.309. The first-order valence-corrected chi connectivity index (χ1v) is 10.0. The van der Waals surface area contributed by atoms with Crippen LogP contribution in [0, 0.1) is 15.9 Å². The largest absolute Gasteiger partial charge is 0.489 e. The lowest BCUT2D eigenvalue weighted by Crippen LogP contribution is -2.12. The molecule has 8 nitrogen and oxygen atoms in total. The van der Waals surface area contributed by atoms with Crippen molar-refractivity contribution in [1.29, 1.82) is 0 Å². The Bertz CT molecular complexity index is 1290. The van der Waals surface area contributed by atoms with Crippen LogP contribution in [0.15, 0.2) is 85.2 Å². The van der Waals surface area contributed by atoms with Gasteiger partial charge in [0.1, 0.15) is 18.2 Å². The Kier molecular flexibility index (Phi) is 6.40. The maximum atomic E-state index is 13.3. The van der Waals surface area contributed by atoms with Gasteiger partial charge >= 0.3 is 0 Å². The molecule has 9 heteroatoms. The van der Waals surface area contributed by atoms with Gasteiger partial charge in [-0.2, -0.15) is 5.10 Å². The summed E-state index contributed by atoms with van der Waals surface area (Å²) in [6, 6.07) is 19.0. The predicted octanol–water partition coefficient (Wildman–Crippen LogP) is 4.81. The summed E-state index contributed by atoms with van der Waals surface area (Å²) in [7, 11) is 0. The zero-order valence-corrected chi connectivity index (χ0v) is 17.3. The smallest absolute Gasteiger partial charge is 0.269 e. The van der Waals surface area contributed by atoms with E-state index in [1.165, 1.54) is 42.6 Å². The van der Waals surface area contributed by atoms with Gasteiger partial charge in [0.15, 0.2) is 0 Å². The summed E-state index contributed by atoms with van der Waals surface area (Å²) < 4.78 is 20.6. The Morgan fingerprint density at radius 2 is 1.82 bits per heavy atom. The molecular formula is C24H19FN4O4. The minimum absolute atomic E-state index is 0.0136. The molecule has 0 unspecified atom stereocenters. The lowest BCUT2D eigenvalue weighted by molar-refractivity contribution is -0.384. The molecule has 1 N–H and O–H groups in total. The highest BCUT2D eigenvalue weighted by Crippen LogP contribution is 2.19. The summed E-state index contributed by atoms with van der Waals surface area (Å²) in [6.45, 7) is 0.577. The predicted molar refractivity (Wildman–Crippen MR) is 120 cm³/mol. The minimum atomic E-state index is -0.475. The third-order valence-corrected chi connectivity index (χ3v) is 4.77. The number of nitro benzene ring substituents is 1. The van der Waals surface area contributed by atoms with Crippen LogP contribution in [0.3, 0.4) is 0 Å². The third-order valence-electron chi connectivity index (χ3n) is 4.77. The SMILES string of the molecule is O=C(Nc1cnn(Cc2cccc(F)c2)c1)c1cccc(COc2ccc([N+](=O)[O-])cc2)c1. The van der Waals surface area contributed by atoms with Crippen LogP contribution in [-0.2, 0) is 13.2 Å². The standard InChI is InChI=1S/C24H19FN4O4/c25-20-6-2-3-17(12-20)14-28-15-21(13-26-28)27-24(30)19-5-1-4-18(11-19)16-33-23-9-7-22(8-10-23)29(31)32/h1-13,15H,14,16H2,(H,27,30). The van der Waals surface area contributed by atoms with Gasteiger partial charge in [0, 0.05) is 23.9 Å². The van der Waals surface area contributed by atoms with Gasteiger partial charge in [0.05, 0.1) is 23.4 Å². The Hall–Kier alpha value is -4.53. The molecule has 3 aromatic carbocycles. The molecule has 0 atom stereocenters. The highest BCUT2D eigenvalue weighted by Gasteiger charge is 2.10. The fourth-order valence-electron chi connectivity index (χ4n) is 3.17. The summed E-state index contributed by atoms with van der Waals surface area (Å²) in [5, 5.41) is 17.7. The number of carbonyl (C=O) groups is 1. The van der Waals surface area contributed by atoms with E-state index < -0.39 is 4.92 Å². The molecule has 166 valence electrons. The number of nitrogens with zero attached hydrogens (tertiary/aromatic N) is 3. The van der Waals surface area contributed by atoms with E-state index in [0.717, 1.165) is 11.1 Å². The second kappa shape index (κ2) is 9.73. The van der Waals surface area contributed by atoms with E-state index in [1.54, 1.807) is 41.2 Å². The molecule has 0 aliphatic carbocycles. The highest BCUT2D eigenvalue weighted by molar-refractivity contribution is 6.04. The molecule has 1 amide bonds. The molecule has 0 saturated heterocycles.